The van der Waals surface area contributed by atoms with E-state index in [-0.39, 0.29) is 0 Å². The zero-order valence-electron chi connectivity index (χ0n) is 9.42. The molecule has 0 unspecified atom stereocenters. The van der Waals surface area contributed by atoms with Gasteiger partial charge < -0.3 is 5.73 Å². The zero-order chi connectivity index (χ0) is 12.5. The first-order valence-corrected chi connectivity index (χ1v) is 7.02. The van der Waals surface area contributed by atoms with Crippen LogP contribution < -0.4 is 5.73 Å². The summed E-state index contributed by atoms with van der Waals surface area (Å²) in [4.78, 5) is 0.326. The van der Waals surface area contributed by atoms with Crippen LogP contribution in [-0.4, -0.2) is 14.7 Å². The fourth-order valence-electron chi connectivity index (χ4n) is 1.58. The van der Waals surface area contributed by atoms with Gasteiger partial charge in [0.25, 0.3) is 0 Å². The van der Waals surface area contributed by atoms with Crippen LogP contribution in [0.15, 0.2) is 53.4 Å². The molecule has 0 heterocycles. The zero-order valence-corrected chi connectivity index (χ0v) is 10.2. The molecular formula is C13H13NO2S. The van der Waals surface area contributed by atoms with Crippen LogP contribution in [0.25, 0.3) is 11.1 Å². The molecular weight excluding hydrogens is 234 g/mol. The molecule has 2 rings (SSSR count). The number of sulfone groups is 1. The van der Waals surface area contributed by atoms with Crippen LogP contribution in [0.4, 0.5) is 5.69 Å². The molecule has 17 heavy (non-hydrogen) atoms. The number of benzene rings is 2. The van der Waals surface area contributed by atoms with E-state index in [0.29, 0.717) is 10.6 Å². The largest absolute Gasteiger partial charge is 0.399 e. The SMILES string of the molecule is CS(=O)(=O)c1cccc(-c2ccc(N)cc2)c1. The predicted octanol–water partition coefficient (Wildman–Crippen LogP) is 2.34. The molecule has 0 bridgehead atoms. The molecule has 2 aromatic carbocycles. The monoisotopic (exact) mass is 247 g/mol. The molecule has 0 radical (unpaired) electrons. The normalized spacial score (nSPS) is 11.4. The number of nitrogen functional groups attached to an aromatic ring is 1. The van der Waals surface area contributed by atoms with Crippen molar-refractivity contribution in [3.8, 4) is 11.1 Å². The van der Waals surface area contributed by atoms with E-state index in [0.717, 1.165) is 11.1 Å². The van der Waals surface area contributed by atoms with E-state index in [1.165, 1.54) is 6.26 Å². The maximum Gasteiger partial charge on any atom is 0.175 e. The lowest BCUT2D eigenvalue weighted by Crippen LogP contribution is -1.96. The number of nitrogens with two attached hydrogens (primary N) is 1. The average Bonchev–Trinajstić information content (AvgIpc) is 2.29. The van der Waals surface area contributed by atoms with Crippen molar-refractivity contribution in [2.75, 3.05) is 12.0 Å². The van der Waals surface area contributed by atoms with Gasteiger partial charge in [-0.05, 0) is 35.4 Å². The smallest absolute Gasteiger partial charge is 0.175 e. The molecule has 0 aromatic heterocycles. The van der Waals surface area contributed by atoms with E-state index < -0.39 is 9.84 Å². The van der Waals surface area contributed by atoms with Crippen LogP contribution in [0.5, 0.6) is 0 Å². The minimum absolute atomic E-state index is 0.326. The molecule has 0 aliphatic heterocycles. The molecule has 2 aromatic rings. The van der Waals surface area contributed by atoms with Crippen molar-refractivity contribution in [2.24, 2.45) is 0 Å². The summed E-state index contributed by atoms with van der Waals surface area (Å²) in [6.07, 6.45) is 1.20. The fourth-order valence-corrected chi connectivity index (χ4v) is 2.25. The van der Waals surface area contributed by atoms with Crippen LogP contribution in [0, 0.1) is 0 Å². The van der Waals surface area contributed by atoms with E-state index >= 15 is 0 Å². The minimum Gasteiger partial charge on any atom is -0.399 e. The Kier molecular flexibility index (Phi) is 2.90. The Morgan fingerprint density at radius 2 is 1.59 bits per heavy atom. The van der Waals surface area contributed by atoms with Gasteiger partial charge in [-0.3, -0.25) is 0 Å². The van der Waals surface area contributed by atoms with E-state index in [2.05, 4.69) is 0 Å². The first kappa shape index (κ1) is 11.7. The third-order valence-corrected chi connectivity index (χ3v) is 3.62. The first-order chi connectivity index (χ1) is 7.97. The highest BCUT2D eigenvalue weighted by molar-refractivity contribution is 7.90. The van der Waals surface area contributed by atoms with Gasteiger partial charge in [-0.2, -0.15) is 0 Å². The topological polar surface area (TPSA) is 60.2 Å². The molecule has 2 N–H and O–H groups in total. The van der Waals surface area contributed by atoms with Gasteiger partial charge in [0.1, 0.15) is 0 Å². The second kappa shape index (κ2) is 4.22. The maximum absolute atomic E-state index is 11.5. The Morgan fingerprint density at radius 1 is 0.941 bits per heavy atom. The molecule has 3 nitrogen and oxygen atoms in total. The predicted molar refractivity (Wildman–Crippen MR) is 69.4 cm³/mol. The summed E-state index contributed by atoms with van der Waals surface area (Å²) in [5.74, 6) is 0. The summed E-state index contributed by atoms with van der Waals surface area (Å²) in [7, 11) is -3.17. The van der Waals surface area contributed by atoms with Gasteiger partial charge in [-0.25, -0.2) is 8.42 Å². The molecule has 0 saturated carbocycles. The van der Waals surface area contributed by atoms with Gasteiger partial charge in [0.2, 0.25) is 0 Å². The summed E-state index contributed by atoms with van der Waals surface area (Å²) in [6, 6.07) is 14.2. The fraction of sp³-hybridized carbons (Fsp3) is 0.0769. The second-order valence-electron chi connectivity index (χ2n) is 3.92. The minimum atomic E-state index is -3.17. The van der Waals surface area contributed by atoms with Gasteiger partial charge in [0, 0.05) is 11.9 Å². The van der Waals surface area contributed by atoms with Crippen molar-refractivity contribution >= 4 is 15.5 Å². The lowest BCUT2D eigenvalue weighted by molar-refractivity contribution is 0.602. The van der Waals surface area contributed by atoms with E-state index in [1.54, 1.807) is 30.3 Å². The van der Waals surface area contributed by atoms with Crippen LogP contribution in [-0.2, 0) is 9.84 Å². The summed E-state index contributed by atoms with van der Waals surface area (Å²) >= 11 is 0. The summed E-state index contributed by atoms with van der Waals surface area (Å²) in [6.45, 7) is 0. The van der Waals surface area contributed by atoms with E-state index in [9.17, 15) is 8.42 Å². The molecule has 0 amide bonds. The number of rotatable bonds is 2. The Labute approximate surface area is 101 Å². The van der Waals surface area contributed by atoms with Crippen molar-refractivity contribution in [2.45, 2.75) is 4.90 Å². The Bertz CT molecular complexity index is 631. The second-order valence-corrected chi connectivity index (χ2v) is 5.94. The quantitative estimate of drug-likeness (QED) is 0.829. The summed E-state index contributed by atoms with van der Waals surface area (Å²) in [5, 5.41) is 0. The third kappa shape index (κ3) is 2.65. The molecule has 88 valence electrons. The summed E-state index contributed by atoms with van der Waals surface area (Å²) < 4.78 is 22.9. The van der Waals surface area contributed by atoms with Crippen LogP contribution in [0.3, 0.4) is 0 Å². The highest BCUT2D eigenvalue weighted by Gasteiger charge is 2.07. The molecule has 0 fully saturated rings. The van der Waals surface area contributed by atoms with Crippen LogP contribution in [0.2, 0.25) is 0 Å². The Hall–Kier alpha value is -1.81. The van der Waals surface area contributed by atoms with Crippen molar-refractivity contribution in [1.82, 2.24) is 0 Å². The van der Waals surface area contributed by atoms with Crippen molar-refractivity contribution < 1.29 is 8.42 Å². The molecule has 4 heteroatoms. The van der Waals surface area contributed by atoms with Gasteiger partial charge in [0.15, 0.2) is 9.84 Å². The van der Waals surface area contributed by atoms with Crippen molar-refractivity contribution in [1.29, 1.82) is 0 Å². The van der Waals surface area contributed by atoms with Crippen molar-refractivity contribution in [3.63, 3.8) is 0 Å². The molecule has 0 aliphatic rings. The standard InChI is InChI=1S/C13H13NO2S/c1-17(15,16)13-4-2-3-11(9-13)10-5-7-12(14)8-6-10/h2-9H,14H2,1H3. The van der Waals surface area contributed by atoms with E-state index in [4.69, 9.17) is 5.73 Å². The average molecular weight is 247 g/mol. The molecule has 0 saturated heterocycles. The van der Waals surface area contributed by atoms with Gasteiger partial charge >= 0.3 is 0 Å². The number of hydrogen-bond acceptors (Lipinski definition) is 3. The lowest BCUT2D eigenvalue weighted by atomic mass is 10.1. The molecule has 0 spiro atoms. The highest BCUT2D eigenvalue weighted by atomic mass is 32.2. The Balaban J connectivity index is 2.50. The van der Waals surface area contributed by atoms with E-state index in [1.807, 2.05) is 18.2 Å². The van der Waals surface area contributed by atoms with Crippen LogP contribution >= 0.6 is 0 Å². The molecule has 0 atom stereocenters. The van der Waals surface area contributed by atoms with Crippen LogP contribution in [0.1, 0.15) is 0 Å². The molecule has 0 aliphatic carbocycles. The highest BCUT2D eigenvalue weighted by Crippen LogP contribution is 2.23. The third-order valence-electron chi connectivity index (χ3n) is 2.51. The van der Waals surface area contributed by atoms with Gasteiger partial charge in [-0.1, -0.05) is 24.3 Å². The lowest BCUT2D eigenvalue weighted by Gasteiger charge is -2.04. The number of hydrogen-bond donors (Lipinski definition) is 1. The Morgan fingerprint density at radius 3 is 2.18 bits per heavy atom. The van der Waals surface area contributed by atoms with Crippen molar-refractivity contribution in [3.05, 3.63) is 48.5 Å². The maximum atomic E-state index is 11.5. The first-order valence-electron chi connectivity index (χ1n) is 5.13. The summed E-state index contributed by atoms with van der Waals surface area (Å²) in [5.41, 5.74) is 8.11. The van der Waals surface area contributed by atoms with Gasteiger partial charge in [-0.15, -0.1) is 0 Å². The van der Waals surface area contributed by atoms with Gasteiger partial charge in [0.05, 0.1) is 4.90 Å². The number of anilines is 1.